The Bertz CT molecular complexity index is 656. The van der Waals surface area contributed by atoms with E-state index in [4.69, 9.17) is 5.21 Å². The largest absolute Gasteiger partial charge is 0.410 e. The van der Waals surface area contributed by atoms with Gasteiger partial charge in [0.1, 0.15) is 10.3 Å². The van der Waals surface area contributed by atoms with Gasteiger partial charge >= 0.3 is 0 Å². The lowest BCUT2D eigenvalue weighted by atomic mass is 10.1. The van der Waals surface area contributed by atoms with Crippen LogP contribution in [0.3, 0.4) is 0 Å². The first kappa shape index (κ1) is 13.4. The SMILES string of the molecule is Cc1cccc(C(=O)/C(=N/O)c2ccnc(Br)c2)n1. The summed E-state index contributed by atoms with van der Waals surface area (Å²) < 4.78 is 0.552. The van der Waals surface area contributed by atoms with Crippen LogP contribution < -0.4 is 0 Å². The zero-order valence-electron chi connectivity index (χ0n) is 10.0. The molecule has 0 aliphatic rings. The molecule has 2 heterocycles. The highest BCUT2D eigenvalue weighted by Crippen LogP contribution is 2.12. The van der Waals surface area contributed by atoms with Crippen molar-refractivity contribution in [3.8, 4) is 0 Å². The van der Waals surface area contributed by atoms with Crippen LogP contribution in [0.5, 0.6) is 0 Å². The Labute approximate surface area is 118 Å². The fourth-order valence-corrected chi connectivity index (χ4v) is 1.94. The number of pyridine rings is 2. The summed E-state index contributed by atoms with van der Waals surface area (Å²) in [7, 11) is 0. The summed E-state index contributed by atoms with van der Waals surface area (Å²) in [6.07, 6.45) is 1.52. The number of carbonyl (C=O) groups is 1. The molecule has 19 heavy (non-hydrogen) atoms. The minimum Gasteiger partial charge on any atom is -0.410 e. The smallest absolute Gasteiger partial charge is 0.233 e. The Morgan fingerprint density at radius 1 is 1.37 bits per heavy atom. The number of nitrogens with zero attached hydrogens (tertiary/aromatic N) is 3. The van der Waals surface area contributed by atoms with Crippen molar-refractivity contribution in [2.75, 3.05) is 0 Å². The van der Waals surface area contributed by atoms with Crippen molar-refractivity contribution in [1.29, 1.82) is 0 Å². The van der Waals surface area contributed by atoms with Gasteiger partial charge in [-0.2, -0.15) is 0 Å². The lowest BCUT2D eigenvalue weighted by Gasteiger charge is -2.04. The van der Waals surface area contributed by atoms with Gasteiger partial charge in [0.15, 0.2) is 5.71 Å². The number of hydrogen-bond acceptors (Lipinski definition) is 5. The number of rotatable bonds is 3. The molecule has 2 aromatic heterocycles. The lowest BCUT2D eigenvalue weighted by Crippen LogP contribution is -2.17. The summed E-state index contributed by atoms with van der Waals surface area (Å²) in [5, 5.41) is 12.2. The van der Waals surface area contributed by atoms with Gasteiger partial charge in [-0.25, -0.2) is 9.97 Å². The number of ketones is 1. The number of aryl methyl sites for hydroxylation is 1. The van der Waals surface area contributed by atoms with Crippen LogP contribution in [0.15, 0.2) is 46.3 Å². The number of oxime groups is 1. The number of carbonyl (C=O) groups excluding carboxylic acids is 1. The summed E-state index contributed by atoms with van der Waals surface area (Å²) in [5.41, 5.74) is 1.36. The quantitative estimate of drug-likeness (QED) is 0.310. The Morgan fingerprint density at radius 2 is 2.16 bits per heavy atom. The van der Waals surface area contributed by atoms with Gasteiger partial charge in [0.05, 0.1) is 0 Å². The monoisotopic (exact) mass is 319 g/mol. The van der Waals surface area contributed by atoms with E-state index in [0.717, 1.165) is 5.69 Å². The number of aromatic nitrogens is 2. The molecule has 0 aromatic carbocycles. The average molecular weight is 320 g/mol. The third kappa shape index (κ3) is 3.03. The van der Waals surface area contributed by atoms with Gasteiger partial charge in [0.2, 0.25) is 5.78 Å². The van der Waals surface area contributed by atoms with Crippen molar-refractivity contribution >= 4 is 27.4 Å². The Balaban J connectivity index is 2.41. The molecular weight excluding hydrogens is 310 g/mol. The fraction of sp³-hybridized carbons (Fsp3) is 0.0769. The van der Waals surface area contributed by atoms with Gasteiger partial charge < -0.3 is 5.21 Å². The third-order valence-electron chi connectivity index (χ3n) is 2.44. The third-order valence-corrected chi connectivity index (χ3v) is 2.87. The molecule has 0 radical (unpaired) electrons. The first-order chi connectivity index (χ1) is 9.11. The zero-order chi connectivity index (χ0) is 13.8. The molecule has 5 nitrogen and oxygen atoms in total. The Morgan fingerprint density at radius 3 is 2.79 bits per heavy atom. The van der Waals surface area contributed by atoms with Gasteiger partial charge in [0.25, 0.3) is 0 Å². The maximum Gasteiger partial charge on any atom is 0.233 e. The van der Waals surface area contributed by atoms with E-state index in [-0.39, 0.29) is 11.4 Å². The normalized spacial score (nSPS) is 11.4. The zero-order valence-corrected chi connectivity index (χ0v) is 11.6. The molecule has 0 atom stereocenters. The number of halogens is 1. The van der Waals surface area contributed by atoms with Crippen LogP contribution in [-0.2, 0) is 0 Å². The van der Waals surface area contributed by atoms with E-state index in [0.29, 0.717) is 10.2 Å². The van der Waals surface area contributed by atoms with Crippen LogP contribution in [-0.4, -0.2) is 26.7 Å². The van der Waals surface area contributed by atoms with Crippen molar-refractivity contribution in [2.24, 2.45) is 5.16 Å². The number of Topliss-reactive ketones (excluding diaryl/α,β-unsaturated/α-hetero) is 1. The van der Waals surface area contributed by atoms with E-state index in [2.05, 4.69) is 31.1 Å². The second kappa shape index (κ2) is 5.71. The van der Waals surface area contributed by atoms with Crippen molar-refractivity contribution in [3.63, 3.8) is 0 Å². The molecule has 0 saturated carbocycles. The second-order valence-electron chi connectivity index (χ2n) is 3.81. The van der Waals surface area contributed by atoms with E-state index < -0.39 is 5.78 Å². The highest BCUT2D eigenvalue weighted by molar-refractivity contribution is 9.10. The molecule has 0 aliphatic carbocycles. The van der Waals surface area contributed by atoms with E-state index in [1.54, 1.807) is 37.3 Å². The van der Waals surface area contributed by atoms with Crippen molar-refractivity contribution in [2.45, 2.75) is 6.92 Å². The molecule has 0 aliphatic heterocycles. The molecule has 96 valence electrons. The summed E-state index contributed by atoms with van der Waals surface area (Å²) >= 11 is 3.20. The Kier molecular flexibility index (Phi) is 4.01. The molecule has 0 amide bonds. The predicted octanol–water partition coefficient (Wildman–Crippen LogP) is 2.61. The standard InChI is InChI=1S/C13H10BrN3O2/c1-8-3-2-4-10(16-8)13(18)12(17-19)9-5-6-15-11(14)7-9/h2-7,19H,1H3/b17-12+. The van der Waals surface area contributed by atoms with Gasteiger partial charge in [-0.15, -0.1) is 0 Å². The van der Waals surface area contributed by atoms with Crippen LogP contribution in [0.4, 0.5) is 0 Å². The van der Waals surface area contributed by atoms with E-state index in [1.807, 2.05) is 0 Å². The first-order valence-corrected chi connectivity index (χ1v) is 6.23. The maximum absolute atomic E-state index is 12.3. The maximum atomic E-state index is 12.3. The fourth-order valence-electron chi connectivity index (χ4n) is 1.57. The molecular formula is C13H10BrN3O2. The van der Waals surface area contributed by atoms with Crippen LogP contribution in [0.25, 0.3) is 0 Å². The van der Waals surface area contributed by atoms with Crippen LogP contribution in [0, 0.1) is 6.92 Å². The van der Waals surface area contributed by atoms with Gasteiger partial charge in [-0.1, -0.05) is 11.2 Å². The summed E-state index contributed by atoms with van der Waals surface area (Å²) in [5.74, 6) is -0.440. The lowest BCUT2D eigenvalue weighted by molar-refractivity contribution is 0.105. The molecule has 2 rings (SSSR count). The minimum atomic E-state index is -0.440. The van der Waals surface area contributed by atoms with Gasteiger partial charge in [-0.05, 0) is 47.1 Å². The topological polar surface area (TPSA) is 75.4 Å². The molecule has 0 saturated heterocycles. The summed E-state index contributed by atoms with van der Waals surface area (Å²) in [4.78, 5) is 20.3. The van der Waals surface area contributed by atoms with Crippen molar-refractivity contribution < 1.29 is 10.0 Å². The number of hydrogen-bond donors (Lipinski definition) is 1. The van der Waals surface area contributed by atoms with Gasteiger partial charge in [0, 0.05) is 17.5 Å². The molecule has 6 heteroatoms. The average Bonchev–Trinajstić information content (AvgIpc) is 2.39. The Hall–Kier alpha value is -2.08. The molecule has 2 aromatic rings. The second-order valence-corrected chi connectivity index (χ2v) is 4.62. The van der Waals surface area contributed by atoms with Crippen LogP contribution >= 0.6 is 15.9 Å². The first-order valence-electron chi connectivity index (χ1n) is 5.44. The highest BCUT2D eigenvalue weighted by Gasteiger charge is 2.18. The van der Waals surface area contributed by atoms with E-state index in [1.165, 1.54) is 6.20 Å². The van der Waals surface area contributed by atoms with Crippen molar-refractivity contribution in [1.82, 2.24) is 9.97 Å². The molecule has 0 unspecified atom stereocenters. The van der Waals surface area contributed by atoms with Gasteiger partial charge in [-0.3, -0.25) is 4.79 Å². The molecule has 0 bridgehead atoms. The van der Waals surface area contributed by atoms with Crippen LogP contribution in [0.1, 0.15) is 21.7 Å². The summed E-state index contributed by atoms with van der Waals surface area (Å²) in [6.45, 7) is 1.79. The molecule has 1 N–H and O–H groups in total. The molecule has 0 fully saturated rings. The minimum absolute atomic E-state index is 0.0683. The predicted molar refractivity (Wildman–Crippen MR) is 73.6 cm³/mol. The van der Waals surface area contributed by atoms with E-state index in [9.17, 15) is 4.79 Å². The highest BCUT2D eigenvalue weighted by atomic mass is 79.9. The van der Waals surface area contributed by atoms with Crippen LogP contribution in [0.2, 0.25) is 0 Å². The summed E-state index contributed by atoms with van der Waals surface area (Å²) in [6, 6.07) is 8.29. The molecule has 0 spiro atoms. The van der Waals surface area contributed by atoms with E-state index >= 15 is 0 Å². The van der Waals surface area contributed by atoms with Crippen molar-refractivity contribution in [3.05, 3.63) is 58.1 Å².